The molecule has 0 atom stereocenters. The lowest BCUT2D eigenvalue weighted by Crippen LogP contribution is -2.70. The molecule has 2 nitrogen and oxygen atoms in total. The van der Waals surface area contributed by atoms with Crippen molar-refractivity contribution in [2.75, 3.05) is 0 Å². The van der Waals surface area contributed by atoms with Crippen molar-refractivity contribution in [3.8, 4) is 0 Å². The first-order chi connectivity index (χ1) is 6.75. The topological polar surface area (TPSA) is 15.3 Å². The summed E-state index contributed by atoms with van der Waals surface area (Å²) in [5.74, 6) is 0. The lowest BCUT2D eigenvalue weighted by molar-refractivity contribution is 0.704. The molecule has 0 aromatic heterocycles. The number of hydrogen-bond acceptors (Lipinski definition) is 2. The highest BCUT2D eigenvalue weighted by molar-refractivity contribution is 6.99. The van der Waals surface area contributed by atoms with Crippen LogP contribution in [0.2, 0.25) is 58.9 Å². The Hall–Kier alpha value is 0.566. The van der Waals surface area contributed by atoms with Crippen LogP contribution in [-0.4, -0.2) is 36.1 Å². The molecule has 0 radical (unpaired) electrons. The highest BCUT2D eigenvalue weighted by Gasteiger charge is 2.44. The summed E-state index contributed by atoms with van der Waals surface area (Å²) in [6, 6.07) is 0. The molecule has 0 rings (SSSR count). The fraction of sp³-hybridized carbons (Fsp3) is 1.00. The first-order valence-electron chi connectivity index (χ1n) is 5.96. The smallest absolute Gasteiger partial charge is 0.344 e. The molecule has 0 saturated carbocycles. The minimum absolute atomic E-state index is 0.954. The fourth-order valence-electron chi connectivity index (χ4n) is 2.11. The first-order valence-corrected chi connectivity index (χ1v) is 16.4. The number of hydrogen-bond donors (Lipinski definition) is 1. The molecule has 0 heterocycles. The van der Waals surface area contributed by atoms with E-state index in [1.54, 1.807) is 0 Å². The summed E-state index contributed by atoms with van der Waals surface area (Å²) >= 11 is 0. The maximum Gasteiger partial charge on any atom is 0.497 e. The molecule has 96 valence electrons. The zero-order valence-corrected chi connectivity index (χ0v) is 15.4. The van der Waals surface area contributed by atoms with Crippen LogP contribution in [0.4, 0.5) is 4.32 Å². The number of halogens is 1. The standard InChI is InChI=1S/C9H28BFN2Si3/c1-14(2,3)12-10(11)13(15(4,5)6)16(7,8)9/h12H,1-9H3. The highest BCUT2D eigenvalue weighted by atomic mass is 28.4. The van der Waals surface area contributed by atoms with Crippen LogP contribution in [0.3, 0.4) is 0 Å². The van der Waals surface area contributed by atoms with Crippen molar-refractivity contribution in [2.45, 2.75) is 58.9 Å². The van der Waals surface area contributed by atoms with Crippen molar-refractivity contribution in [2.24, 2.45) is 0 Å². The van der Waals surface area contributed by atoms with Gasteiger partial charge >= 0.3 is 7.26 Å². The molecule has 0 aromatic carbocycles. The number of nitrogens with zero attached hydrogens (tertiary/aromatic N) is 1. The highest BCUT2D eigenvalue weighted by Crippen LogP contribution is 2.21. The zero-order valence-electron chi connectivity index (χ0n) is 12.4. The molecule has 0 spiro atoms. The van der Waals surface area contributed by atoms with Crippen molar-refractivity contribution >= 4 is 32.0 Å². The Morgan fingerprint density at radius 3 is 1.31 bits per heavy atom. The third kappa shape index (κ3) is 5.76. The summed E-state index contributed by atoms with van der Waals surface area (Å²) in [6.07, 6.45) is 0. The van der Waals surface area contributed by atoms with Gasteiger partial charge in [0.15, 0.2) is 0 Å². The van der Waals surface area contributed by atoms with Gasteiger partial charge in [0.05, 0.1) is 0 Å². The Labute approximate surface area is 104 Å². The molecular weight excluding hydrogens is 250 g/mol. The van der Waals surface area contributed by atoms with E-state index in [-0.39, 0.29) is 0 Å². The van der Waals surface area contributed by atoms with Gasteiger partial charge < -0.3 is 9.04 Å². The van der Waals surface area contributed by atoms with E-state index in [1.807, 2.05) is 0 Å². The average molecular weight is 278 g/mol. The van der Waals surface area contributed by atoms with Crippen LogP contribution < -0.4 is 4.89 Å². The van der Waals surface area contributed by atoms with Crippen molar-refractivity contribution in [1.29, 1.82) is 0 Å². The van der Waals surface area contributed by atoms with Crippen LogP contribution >= 0.6 is 0 Å². The molecule has 1 N–H and O–H groups in total. The first kappa shape index (κ1) is 16.6. The van der Waals surface area contributed by atoms with Gasteiger partial charge in [-0.05, 0) is 0 Å². The minimum atomic E-state index is -1.61. The third-order valence-electron chi connectivity index (χ3n) is 2.22. The van der Waals surface area contributed by atoms with E-state index in [1.165, 1.54) is 0 Å². The van der Waals surface area contributed by atoms with Gasteiger partial charge in [0.1, 0.15) is 24.7 Å². The second kappa shape index (κ2) is 5.05. The Bertz CT molecular complexity index is 218. The Morgan fingerprint density at radius 2 is 1.12 bits per heavy atom. The summed E-state index contributed by atoms with van der Waals surface area (Å²) in [6.45, 7) is 19.8. The number of rotatable bonds is 5. The summed E-state index contributed by atoms with van der Waals surface area (Å²) < 4.78 is 16.7. The Kier molecular flexibility index (Phi) is 5.23. The largest absolute Gasteiger partial charge is 0.497 e. The van der Waals surface area contributed by atoms with Crippen LogP contribution in [0.25, 0.3) is 0 Å². The van der Waals surface area contributed by atoms with E-state index in [4.69, 9.17) is 0 Å². The normalized spacial score (nSPS) is 14.4. The molecule has 0 amide bonds. The molecule has 16 heavy (non-hydrogen) atoms. The van der Waals surface area contributed by atoms with E-state index in [0.29, 0.717) is 0 Å². The average Bonchev–Trinajstić information content (AvgIpc) is 1.70. The molecule has 0 bridgehead atoms. The fourth-order valence-corrected chi connectivity index (χ4v) is 12.7. The molecule has 0 aliphatic heterocycles. The number of nitrogens with one attached hydrogen (secondary N) is 1. The summed E-state index contributed by atoms with van der Waals surface area (Å²) in [5.41, 5.74) is 0. The van der Waals surface area contributed by atoms with E-state index < -0.39 is 32.0 Å². The van der Waals surface area contributed by atoms with Crippen molar-refractivity contribution < 1.29 is 4.32 Å². The molecule has 0 saturated heterocycles. The summed E-state index contributed by atoms with van der Waals surface area (Å²) in [5, 5.41) is 0. The van der Waals surface area contributed by atoms with Gasteiger partial charge in [-0.3, -0.25) is 4.32 Å². The monoisotopic (exact) mass is 278 g/mol. The molecule has 0 fully saturated rings. The van der Waals surface area contributed by atoms with Gasteiger partial charge in [0, 0.05) is 0 Å². The molecule has 0 aliphatic carbocycles. The van der Waals surface area contributed by atoms with Gasteiger partial charge in [0.25, 0.3) is 0 Å². The lowest BCUT2D eigenvalue weighted by atomic mass is 10.2. The second-order valence-electron chi connectivity index (χ2n) is 7.44. The van der Waals surface area contributed by atoms with Crippen LogP contribution in [0.15, 0.2) is 0 Å². The quantitative estimate of drug-likeness (QED) is 0.776. The van der Waals surface area contributed by atoms with E-state index in [2.05, 4.69) is 68.0 Å². The van der Waals surface area contributed by atoms with E-state index in [9.17, 15) is 4.32 Å². The maximum atomic E-state index is 14.5. The third-order valence-corrected chi connectivity index (χ3v) is 10.7. The summed E-state index contributed by atoms with van der Waals surface area (Å²) in [4.78, 5) is 3.20. The molecular formula is C9H28BFN2Si3. The van der Waals surface area contributed by atoms with Gasteiger partial charge in [0.2, 0.25) is 0 Å². The van der Waals surface area contributed by atoms with Crippen LogP contribution in [-0.2, 0) is 0 Å². The second-order valence-corrected chi connectivity index (χ2v) is 22.3. The van der Waals surface area contributed by atoms with Gasteiger partial charge in [-0.15, -0.1) is 0 Å². The molecule has 0 unspecified atom stereocenters. The van der Waals surface area contributed by atoms with Crippen molar-refractivity contribution in [3.63, 3.8) is 0 Å². The Balaban J connectivity index is 4.94. The predicted octanol–water partition coefficient (Wildman–Crippen LogP) is 3.34. The minimum Gasteiger partial charge on any atom is -0.344 e. The van der Waals surface area contributed by atoms with Gasteiger partial charge in [-0.25, -0.2) is 0 Å². The van der Waals surface area contributed by atoms with Crippen molar-refractivity contribution in [1.82, 2.24) is 9.04 Å². The van der Waals surface area contributed by atoms with E-state index in [0.717, 1.165) is 0 Å². The molecule has 0 aromatic rings. The zero-order chi connectivity index (χ0) is 13.4. The summed E-state index contributed by atoms with van der Waals surface area (Å²) in [7, 11) is -5.73. The van der Waals surface area contributed by atoms with Gasteiger partial charge in [-0.1, -0.05) is 58.9 Å². The Morgan fingerprint density at radius 1 is 0.812 bits per heavy atom. The van der Waals surface area contributed by atoms with Gasteiger partial charge in [-0.2, -0.15) is 0 Å². The predicted molar refractivity (Wildman–Crippen MR) is 81.9 cm³/mol. The van der Waals surface area contributed by atoms with Crippen LogP contribution in [0, 0.1) is 0 Å². The van der Waals surface area contributed by atoms with Crippen LogP contribution in [0.1, 0.15) is 0 Å². The maximum absolute atomic E-state index is 14.5. The molecule has 7 heteroatoms. The van der Waals surface area contributed by atoms with E-state index >= 15 is 0 Å². The lowest BCUT2D eigenvalue weighted by Gasteiger charge is -2.45. The van der Waals surface area contributed by atoms with Crippen molar-refractivity contribution in [3.05, 3.63) is 0 Å². The SMILES string of the molecule is C[Si](C)(C)NB(F)N([Si](C)(C)C)[Si](C)(C)C. The molecule has 0 aliphatic rings. The van der Waals surface area contributed by atoms with Crippen LogP contribution in [0.5, 0.6) is 0 Å².